The van der Waals surface area contributed by atoms with E-state index in [9.17, 15) is 0 Å². The normalized spacial score (nSPS) is 22.9. The van der Waals surface area contributed by atoms with Crippen molar-refractivity contribution in [3.63, 3.8) is 0 Å². The van der Waals surface area contributed by atoms with Crippen molar-refractivity contribution in [3.05, 3.63) is 35.4 Å². The first kappa shape index (κ1) is 16.0. The summed E-state index contributed by atoms with van der Waals surface area (Å²) in [4.78, 5) is 2.75. The summed E-state index contributed by atoms with van der Waals surface area (Å²) in [6.45, 7) is 9.26. The summed E-state index contributed by atoms with van der Waals surface area (Å²) in [6.07, 6.45) is 7.13. The highest BCUT2D eigenvalue weighted by atomic mass is 15.2. The van der Waals surface area contributed by atoms with Gasteiger partial charge in [-0.2, -0.15) is 0 Å². The zero-order valence-electron chi connectivity index (χ0n) is 14.4. The van der Waals surface area contributed by atoms with Crippen LogP contribution in [0.2, 0.25) is 0 Å². The van der Waals surface area contributed by atoms with Gasteiger partial charge in [0.05, 0.1) is 0 Å². The molecular formula is C20H32N2. The molecule has 0 amide bonds. The minimum atomic E-state index is 0.626. The highest BCUT2D eigenvalue weighted by Crippen LogP contribution is 2.38. The Labute approximate surface area is 136 Å². The van der Waals surface area contributed by atoms with Gasteiger partial charge >= 0.3 is 0 Å². The van der Waals surface area contributed by atoms with Crippen molar-refractivity contribution in [2.45, 2.75) is 57.9 Å². The number of nitrogens with zero attached hydrogens (tertiary/aromatic N) is 1. The summed E-state index contributed by atoms with van der Waals surface area (Å²) < 4.78 is 0. The quantitative estimate of drug-likeness (QED) is 0.890. The van der Waals surface area contributed by atoms with Crippen molar-refractivity contribution in [2.75, 3.05) is 26.2 Å². The molecule has 1 aliphatic carbocycles. The third kappa shape index (κ3) is 3.72. The fourth-order valence-corrected chi connectivity index (χ4v) is 4.27. The molecule has 2 aliphatic rings. The van der Waals surface area contributed by atoms with Gasteiger partial charge in [-0.3, -0.25) is 4.90 Å². The van der Waals surface area contributed by atoms with Crippen LogP contribution in [0.3, 0.4) is 0 Å². The molecule has 1 saturated carbocycles. The fourth-order valence-electron chi connectivity index (χ4n) is 4.27. The lowest BCUT2D eigenvalue weighted by Crippen LogP contribution is -2.47. The lowest BCUT2D eigenvalue weighted by Gasteiger charge is -2.41. The molecule has 3 rings (SSSR count). The minimum Gasteiger partial charge on any atom is -0.314 e. The average molecular weight is 300 g/mol. The van der Waals surface area contributed by atoms with Crippen LogP contribution in [0.5, 0.6) is 0 Å². The Morgan fingerprint density at radius 1 is 0.909 bits per heavy atom. The predicted molar refractivity (Wildman–Crippen MR) is 94.3 cm³/mol. The second-order valence-corrected chi connectivity index (χ2v) is 7.45. The number of hydrogen-bond donors (Lipinski definition) is 1. The third-order valence-corrected chi connectivity index (χ3v) is 5.59. The van der Waals surface area contributed by atoms with Crippen LogP contribution in [0, 0.1) is 5.92 Å². The van der Waals surface area contributed by atoms with Gasteiger partial charge in [-0.15, -0.1) is 0 Å². The summed E-state index contributed by atoms with van der Waals surface area (Å²) in [7, 11) is 0. The first-order chi connectivity index (χ1) is 10.8. The summed E-state index contributed by atoms with van der Waals surface area (Å²) >= 11 is 0. The molecule has 2 fully saturated rings. The van der Waals surface area contributed by atoms with E-state index in [1.807, 2.05) is 0 Å². The maximum absolute atomic E-state index is 3.51. The van der Waals surface area contributed by atoms with Crippen LogP contribution in [-0.2, 0) is 0 Å². The Morgan fingerprint density at radius 2 is 1.50 bits per heavy atom. The number of rotatable bonds is 4. The summed E-state index contributed by atoms with van der Waals surface area (Å²) in [5.41, 5.74) is 3.02. The molecule has 0 radical (unpaired) electrons. The van der Waals surface area contributed by atoms with E-state index in [1.54, 1.807) is 5.56 Å². The topological polar surface area (TPSA) is 15.3 Å². The largest absolute Gasteiger partial charge is 0.314 e. The van der Waals surface area contributed by atoms with Crippen LogP contribution >= 0.6 is 0 Å². The van der Waals surface area contributed by atoms with Gasteiger partial charge in [0.1, 0.15) is 0 Å². The number of hydrogen-bond acceptors (Lipinski definition) is 2. The van der Waals surface area contributed by atoms with Gasteiger partial charge in [0, 0.05) is 32.2 Å². The van der Waals surface area contributed by atoms with Gasteiger partial charge in [-0.1, -0.05) is 57.4 Å². The van der Waals surface area contributed by atoms with E-state index in [1.165, 1.54) is 50.8 Å². The van der Waals surface area contributed by atoms with E-state index in [0.29, 0.717) is 12.0 Å². The van der Waals surface area contributed by atoms with Crippen LogP contribution in [0.1, 0.15) is 69.0 Å². The van der Waals surface area contributed by atoms with Crippen molar-refractivity contribution in [3.8, 4) is 0 Å². The van der Waals surface area contributed by atoms with E-state index in [-0.39, 0.29) is 0 Å². The summed E-state index contributed by atoms with van der Waals surface area (Å²) in [5, 5.41) is 3.51. The SMILES string of the molecule is CC(C)c1ccc([C@@H](C2CCCCC2)N2CCNCC2)cc1. The smallest absolute Gasteiger partial charge is 0.0377 e. The van der Waals surface area contributed by atoms with Crippen LogP contribution < -0.4 is 5.32 Å². The molecule has 0 unspecified atom stereocenters. The van der Waals surface area contributed by atoms with Crippen molar-refractivity contribution in [1.82, 2.24) is 10.2 Å². The van der Waals surface area contributed by atoms with E-state index in [2.05, 4.69) is 48.3 Å². The Balaban J connectivity index is 1.82. The molecule has 122 valence electrons. The highest BCUT2D eigenvalue weighted by molar-refractivity contribution is 5.27. The van der Waals surface area contributed by atoms with E-state index < -0.39 is 0 Å². The lowest BCUT2D eigenvalue weighted by molar-refractivity contribution is 0.103. The molecule has 0 bridgehead atoms. The van der Waals surface area contributed by atoms with Gasteiger partial charge in [-0.05, 0) is 35.8 Å². The lowest BCUT2D eigenvalue weighted by atomic mass is 9.80. The molecule has 1 saturated heterocycles. The van der Waals surface area contributed by atoms with Crippen LogP contribution in [0.15, 0.2) is 24.3 Å². The Bertz CT molecular complexity index is 421. The highest BCUT2D eigenvalue weighted by Gasteiger charge is 2.30. The van der Waals surface area contributed by atoms with Gasteiger partial charge in [0.25, 0.3) is 0 Å². The molecule has 1 heterocycles. The van der Waals surface area contributed by atoms with E-state index >= 15 is 0 Å². The molecule has 1 aromatic rings. The fraction of sp³-hybridized carbons (Fsp3) is 0.700. The molecule has 1 atom stereocenters. The van der Waals surface area contributed by atoms with E-state index in [4.69, 9.17) is 0 Å². The van der Waals surface area contributed by atoms with E-state index in [0.717, 1.165) is 19.0 Å². The van der Waals surface area contributed by atoms with Crippen LogP contribution in [0.25, 0.3) is 0 Å². The molecule has 2 nitrogen and oxygen atoms in total. The van der Waals surface area contributed by atoms with Crippen LogP contribution in [-0.4, -0.2) is 31.1 Å². The Hall–Kier alpha value is -0.860. The molecule has 2 heteroatoms. The second-order valence-electron chi connectivity index (χ2n) is 7.45. The molecule has 22 heavy (non-hydrogen) atoms. The zero-order chi connectivity index (χ0) is 15.4. The van der Waals surface area contributed by atoms with Crippen molar-refractivity contribution < 1.29 is 0 Å². The summed E-state index contributed by atoms with van der Waals surface area (Å²) in [5.74, 6) is 1.48. The average Bonchev–Trinajstić information content (AvgIpc) is 2.57. The minimum absolute atomic E-state index is 0.626. The monoisotopic (exact) mass is 300 g/mol. The van der Waals surface area contributed by atoms with Gasteiger partial charge in [0.2, 0.25) is 0 Å². The number of nitrogens with one attached hydrogen (secondary N) is 1. The van der Waals surface area contributed by atoms with Gasteiger partial charge < -0.3 is 5.32 Å². The molecule has 0 spiro atoms. The first-order valence-corrected chi connectivity index (χ1v) is 9.30. The van der Waals surface area contributed by atoms with Crippen molar-refractivity contribution in [1.29, 1.82) is 0 Å². The maximum atomic E-state index is 3.51. The molecule has 1 N–H and O–H groups in total. The van der Waals surface area contributed by atoms with Gasteiger partial charge in [0.15, 0.2) is 0 Å². The maximum Gasteiger partial charge on any atom is 0.0377 e. The third-order valence-electron chi connectivity index (χ3n) is 5.59. The molecule has 1 aliphatic heterocycles. The molecular weight excluding hydrogens is 268 g/mol. The predicted octanol–water partition coefficient (Wildman–Crippen LogP) is 4.34. The zero-order valence-corrected chi connectivity index (χ0v) is 14.4. The number of benzene rings is 1. The summed E-state index contributed by atoms with van der Waals surface area (Å²) in [6, 6.07) is 10.2. The Morgan fingerprint density at radius 3 is 2.09 bits per heavy atom. The molecule has 0 aromatic heterocycles. The first-order valence-electron chi connectivity index (χ1n) is 9.30. The van der Waals surface area contributed by atoms with Crippen molar-refractivity contribution >= 4 is 0 Å². The van der Waals surface area contributed by atoms with Crippen LogP contribution in [0.4, 0.5) is 0 Å². The Kier molecular flexibility index (Phi) is 5.54. The molecule has 1 aromatic carbocycles. The van der Waals surface area contributed by atoms with Crippen molar-refractivity contribution in [2.24, 2.45) is 5.92 Å². The second kappa shape index (κ2) is 7.61. The number of piperazine rings is 1. The standard InChI is InChI=1S/C20H32N2/c1-16(2)17-8-10-19(11-9-17)20(18-6-4-3-5-7-18)22-14-12-21-13-15-22/h8-11,16,18,20-21H,3-7,12-15H2,1-2H3/t20-/m1/s1. The van der Waals surface area contributed by atoms with Gasteiger partial charge in [-0.25, -0.2) is 0 Å².